The molecule has 15 heavy (non-hydrogen) atoms. The fourth-order valence-corrected chi connectivity index (χ4v) is 1.72. The summed E-state index contributed by atoms with van der Waals surface area (Å²) in [4.78, 5) is 11.3. The van der Waals surface area contributed by atoms with Crippen LogP contribution < -0.4 is 5.43 Å². The molecule has 1 aromatic carbocycles. The minimum absolute atomic E-state index is 0.288. The number of aromatic hydroxyl groups is 1. The Morgan fingerprint density at radius 3 is 2.93 bits per heavy atom. The van der Waals surface area contributed by atoms with Crippen LogP contribution in [0.4, 0.5) is 4.39 Å². The first-order valence-electron chi connectivity index (χ1n) is 4.83. The molecule has 2 rings (SSSR count). The molecule has 1 aliphatic heterocycles. The van der Waals surface area contributed by atoms with Gasteiger partial charge in [-0.2, -0.15) is 0 Å². The highest BCUT2D eigenvalue weighted by molar-refractivity contribution is 5.33. The lowest BCUT2D eigenvalue weighted by molar-refractivity contribution is 0.110. The Morgan fingerprint density at radius 2 is 2.27 bits per heavy atom. The van der Waals surface area contributed by atoms with Crippen LogP contribution in [-0.4, -0.2) is 11.7 Å². The first-order chi connectivity index (χ1) is 7.20. The summed E-state index contributed by atoms with van der Waals surface area (Å²) in [5.41, 5.74) is -0.591. The maximum Gasteiger partial charge on any atom is 0.255 e. The molecule has 0 bridgehead atoms. The van der Waals surface area contributed by atoms with Crippen molar-refractivity contribution >= 4 is 0 Å². The van der Waals surface area contributed by atoms with E-state index < -0.39 is 17.0 Å². The third kappa shape index (κ3) is 1.85. The van der Waals surface area contributed by atoms with Crippen LogP contribution in [0.2, 0.25) is 0 Å². The van der Waals surface area contributed by atoms with Crippen molar-refractivity contribution in [1.29, 1.82) is 0 Å². The molecule has 1 N–H and O–H groups in total. The van der Waals surface area contributed by atoms with E-state index in [4.69, 9.17) is 4.74 Å². The lowest BCUT2D eigenvalue weighted by Crippen LogP contribution is -2.05. The fourth-order valence-electron chi connectivity index (χ4n) is 1.72. The highest BCUT2D eigenvalue weighted by Gasteiger charge is 2.21. The smallest absolute Gasteiger partial charge is 0.255 e. The molecular weight excluding hydrogens is 199 g/mol. The predicted molar refractivity (Wildman–Crippen MR) is 52.3 cm³/mol. The lowest BCUT2D eigenvalue weighted by Gasteiger charge is -2.08. The molecular formula is C11H11FO3. The minimum Gasteiger partial charge on any atom is -0.504 e. The van der Waals surface area contributed by atoms with Crippen LogP contribution in [0, 0.1) is 5.82 Å². The van der Waals surface area contributed by atoms with Crippen LogP contribution in [-0.2, 0) is 4.74 Å². The maximum atomic E-state index is 13.0. The van der Waals surface area contributed by atoms with Crippen LogP contribution in [0.5, 0.6) is 5.75 Å². The zero-order valence-electron chi connectivity index (χ0n) is 8.07. The van der Waals surface area contributed by atoms with E-state index in [-0.39, 0.29) is 6.10 Å². The van der Waals surface area contributed by atoms with E-state index in [1.165, 1.54) is 12.1 Å². The van der Waals surface area contributed by atoms with Crippen LogP contribution >= 0.6 is 0 Å². The third-order valence-electron chi connectivity index (χ3n) is 2.50. The molecule has 4 heteroatoms. The van der Waals surface area contributed by atoms with Crippen LogP contribution in [0.25, 0.3) is 0 Å². The van der Waals surface area contributed by atoms with Gasteiger partial charge < -0.3 is 9.84 Å². The Labute approximate surface area is 86.1 Å². The number of halogens is 1. The van der Waals surface area contributed by atoms with Gasteiger partial charge in [0.1, 0.15) is 0 Å². The highest BCUT2D eigenvalue weighted by atomic mass is 19.1. The number of rotatable bonds is 1. The molecule has 0 aromatic heterocycles. The van der Waals surface area contributed by atoms with Crippen molar-refractivity contribution in [3.8, 4) is 5.75 Å². The molecule has 80 valence electrons. The van der Waals surface area contributed by atoms with Crippen molar-refractivity contribution in [2.75, 3.05) is 6.61 Å². The van der Waals surface area contributed by atoms with Gasteiger partial charge in [-0.25, -0.2) is 4.39 Å². The van der Waals surface area contributed by atoms with E-state index in [0.29, 0.717) is 12.2 Å². The summed E-state index contributed by atoms with van der Waals surface area (Å²) in [6.07, 6.45) is 1.35. The molecule has 0 spiro atoms. The Bertz CT molecular complexity index is 425. The largest absolute Gasteiger partial charge is 0.504 e. The Balaban J connectivity index is 2.53. The Hall–Kier alpha value is -1.42. The van der Waals surface area contributed by atoms with E-state index in [1.54, 1.807) is 0 Å². The molecule has 1 aliphatic rings. The Morgan fingerprint density at radius 1 is 1.47 bits per heavy atom. The zero-order valence-corrected chi connectivity index (χ0v) is 8.07. The lowest BCUT2D eigenvalue weighted by atomic mass is 10.1. The summed E-state index contributed by atoms with van der Waals surface area (Å²) in [7, 11) is 0. The van der Waals surface area contributed by atoms with Gasteiger partial charge in [0, 0.05) is 12.2 Å². The first-order valence-corrected chi connectivity index (χ1v) is 4.83. The molecule has 1 fully saturated rings. The van der Waals surface area contributed by atoms with E-state index >= 15 is 0 Å². The van der Waals surface area contributed by atoms with Gasteiger partial charge in [0.05, 0.1) is 6.10 Å². The number of ether oxygens (including phenoxy) is 1. The summed E-state index contributed by atoms with van der Waals surface area (Å²) in [5, 5.41) is 9.57. The molecule has 0 saturated carbocycles. The van der Waals surface area contributed by atoms with E-state index in [1.807, 2.05) is 0 Å². The van der Waals surface area contributed by atoms with E-state index in [2.05, 4.69) is 0 Å². The summed E-state index contributed by atoms with van der Waals surface area (Å²) in [6.45, 7) is 0.611. The third-order valence-corrected chi connectivity index (χ3v) is 2.50. The summed E-state index contributed by atoms with van der Waals surface area (Å²) in [6, 6.07) is 3.98. The van der Waals surface area contributed by atoms with E-state index in [0.717, 1.165) is 18.9 Å². The number of hydrogen-bond acceptors (Lipinski definition) is 3. The zero-order chi connectivity index (χ0) is 10.8. The molecule has 0 aliphatic carbocycles. The van der Waals surface area contributed by atoms with E-state index in [9.17, 15) is 14.3 Å². The molecule has 1 unspecified atom stereocenters. The summed E-state index contributed by atoms with van der Waals surface area (Å²) >= 11 is 0. The Kier molecular flexibility index (Phi) is 2.68. The molecule has 3 nitrogen and oxygen atoms in total. The van der Waals surface area contributed by atoms with Gasteiger partial charge in [-0.3, -0.25) is 4.79 Å². The standard InChI is InChI=1S/C11H11FO3/c12-8-4-1-3-7(10(13)11(8)14)9-5-2-6-15-9/h1,3-4,9H,2,5-6H2,(H,13,14). The molecule has 1 saturated heterocycles. The second-order valence-electron chi connectivity index (χ2n) is 3.51. The van der Waals surface area contributed by atoms with Gasteiger partial charge >= 0.3 is 0 Å². The van der Waals surface area contributed by atoms with Gasteiger partial charge in [-0.15, -0.1) is 0 Å². The van der Waals surface area contributed by atoms with Gasteiger partial charge in [-0.1, -0.05) is 12.1 Å². The highest BCUT2D eigenvalue weighted by Crippen LogP contribution is 2.31. The van der Waals surface area contributed by atoms with Gasteiger partial charge in [0.2, 0.25) is 0 Å². The molecule has 1 atom stereocenters. The van der Waals surface area contributed by atoms with Crippen LogP contribution in [0.3, 0.4) is 0 Å². The molecule has 1 heterocycles. The minimum atomic E-state index is -0.967. The van der Waals surface area contributed by atoms with Crippen molar-refractivity contribution in [2.45, 2.75) is 18.9 Å². The van der Waals surface area contributed by atoms with Crippen molar-refractivity contribution in [1.82, 2.24) is 0 Å². The van der Waals surface area contributed by atoms with Crippen LogP contribution in [0.1, 0.15) is 24.5 Å². The second-order valence-corrected chi connectivity index (χ2v) is 3.51. The summed E-state index contributed by atoms with van der Waals surface area (Å²) in [5.74, 6) is -1.49. The molecule has 1 aromatic rings. The van der Waals surface area contributed by atoms with Crippen molar-refractivity contribution < 1.29 is 14.2 Å². The van der Waals surface area contributed by atoms with Crippen LogP contribution in [0.15, 0.2) is 23.0 Å². The van der Waals surface area contributed by atoms with Crippen molar-refractivity contribution in [3.63, 3.8) is 0 Å². The normalized spacial score (nSPS) is 20.5. The summed E-state index contributed by atoms with van der Waals surface area (Å²) < 4.78 is 18.3. The van der Waals surface area contributed by atoms with Crippen molar-refractivity contribution in [2.24, 2.45) is 0 Å². The number of hydrogen-bond donors (Lipinski definition) is 1. The van der Waals surface area contributed by atoms with Gasteiger partial charge in [0.25, 0.3) is 5.43 Å². The SMILES string of the molecule is O=c1c(F)cccc(C2CCCO2)c1O. The predicted octanol–water partition coefficient (Wildman–Crippen LogP) is 1.74. The fraction of sp³-hybridized carbons (Fsp3) is 0.364. The monoisotopic (exact) mass is 210 g/mol. The molecule has 0 amide bonds. The van der Waals surface area contributed by atoms with Gasteiger partial charge in [-0.05, 0) is 18.9 Å². The quantitative estimate of drug-likeness (QED) is 0.768. The molecule has 0 radical (unpaired) electrons. The van der Waals surface area contributed by atoms with Crippen molar-refractivity contribution in [3.05, 3.63) is 39.8 Å². The average molecular weight is 210 g/mol. The van der Waals surface area contributed by atoms with Gasteiger partial charge in [0.15, 0.2) is 11.6 Å². The topological polar surface area (TPSA) is 46.5 Å². The average Bonchev–Trinajstić information content (AvgIpc) is 2.71. The maximum absolute atomic E-state index is 13.0. The first kappa shape index (κ1) is 10.1. The second kappa shape index (κ2) is 3.98.